The van der Waals surface area contributed by atoms with Gasteiger partial charge in [0.15, 0.2) is 0 Å². The van der Waals surface area contributed by atoms with Crippen molar-refractivity contribution in [2.75, 3.05) is 0 Å². The van der Waals surface area contributed by atoms with Gasteiger partial charge in [-0.15, -0.1) is 0 Å². The monoisotopic (exact) mass is 189 g/mol. The van der Waals surface area contributed by atoms with Crippen LogP contribution in [-0.4, -0.2) is 18.8 Å². The average Bonchev–Trinajstić information content (AvgIpc) is 1.63. The summed E-state index contributed by atoms with van der Waals surface area (Å²) < 4.78 is 23.2. The van der Waals surface area contributed by atoms with E-state index in [-0.39, 0.29) is 0 Å². The summed E-state index contributed by atoms with van der Waals surface area (Å²) >= 11 is -3.44. The normalized spacial score (nSPS) is 9.80. The zero-order valence-corrected chi connectivity index (χ0v) is 7.80. The fourth-order valence-corrected chi connectivity index (χ4v) is 0. The molecule has 0 aliphatic rings. The van der Waals surface area contributed by atoms with Gasteiger partial charge >= 0.3 is 27.5 Å². The van der Waals surface area contributed by atoms with Crippen molar-refractivity contribution in [3.05, 3.63) is 0 Å². The molecular weight excluding hydrogens is 175 g/mol. The Morgan fingerprint density at radius 2 is 1.50 bits per heavy atom. The molecule has 0 saturated heterocycles. The molecule has 0 fully saturated rings. The third-order valence-corrected chi connectivity index (χ3v) is 0.865. The fourth-order valence-electron chi connectivity index (χ4n) is 0. The maximum atomic E-state index is 8.83. The van der Waals surface area contributed by atoms with Crippen LogP contribution in [0, 0.1) is 0 Å². The predicted molar refractivity (Wildman–Crippen MR) is 31.7 cm³/mol. The first-order valence-electron chi connectivity index (χ1n) is 2.87. The van der Waals surface area contributed by atoms with Crippen molar-refractivity contribution in [3.8, 4) is 0 Å². The molecule has 0 atom stereocenters. The van der Waals surface area contributed by atoms with E-state index < -0.39 is 21.4 Å². The molecule has 0 spiro atoms. The average molecular weight is 189 g/mol. The van der Waals surface area contributed by atoms with Crippen LogP contribution in [0.2, 0.25) is 0 Å². The molecule has 0 radical (unpaired) electrons. The van der Waals surface area contributed by atoms with Crippen LogP contribution in [0.1, 0.15) is 27.2 Å². The minimum atomic E-state index is -3.44. The number of hydrogen-bond acceptors (Lipinski definition) is 2. The van der Waals surface area contributed by atoms with Crippen LogP contribution in [-0.2, 0) is 19.5 Å². The Morgan fingerprint density at radius 1 is 1.40 bits per heavy atom. The van der Waals surface area contributed by atoms with Crippen molar-refractivity contribution in [2.45, 2.75) is 32.8 Å². The fraction of sp³-hybridized carbons (Fsp3) is 1.00. The minimum absolute atomic E-state index is 0.458. The molecule has 0 amide bonds. The molecule has 0 bridgehead atoms. The summed E-state index contributed by atoms with van der Waals surface area (Å²) in [7, 11) is 0. The van der Waals surface area contributed by atoms with Crippen LogP contribution < -0.4 is 0 Å². The molecule has 0 aromatic heterocycles. The summed E-state index contributed by atoms with van der Waals surface area (Å²) in [6.45, 7) is 5.56. The van der Waals surface area contributed by atoms with Gasteiger partial charge in [0, 0.05) is 0 Å². The van der Waals surface area contributed by atoms with Gasteiger partial charge < -0.3 is 5.11 Å². The molecule has 0 rings (SSSR count). The predicted octanol–water partition coefficient (Wildman–Crippen LogP) is -0.0680. The Kier molecular flexibility index (Phi) is 7.75. The van der Waals surface area contributed by atoms with E-state index in [4.69, 9.17) is 16.8 Å². The Morgan fingerprint density at radius 3 is 1.50 bits per heavy atom. The van der Waals surface area contributed by atoms with E-state index in [1.165, 1.54) is 0 Å². The molecule has 0 aromatic rings. The molecule has 10 heavy (non-hydrogen) atoms. The standard InChI is InChI=1S/C5H12O.2H2O.O.V/c1-4-5(2,3)6;;;;/h6H,4H2,1-3H3;2*1H2;;/q;;;;+2/p-2. The molecule has 0 aliphatic heterocycles. The zero-order chi connectivity index (χ0) is 8.78. The van der Waals surface area contributed by atoms with E-state index in [9.17, 15) is 0 Å². The van der Waals surface area contributed by atoms with Crippen molar-refractivity contribution in [1.29, 1.82) is 0 Å². The van der Waals surface area contributed by atoms with E-state index in [1.807, 2.05) is 6.92 Å². The summed E-state index contributed by atoms with van der Waals surface area (Å²) in [4.78, 5) is 0. The van der Waals surface area contributed by atoms with Gasteiger partial charge in [0.2, 0.25) is 0 Å². The van der Waals surface area contributed by atoms with Gasteiger partial charge in [-0.3, -0.25) is 0 Å². The molecule has 0 unspecified atom stereocenters. The Balaban J connectivity index is 0. The Bertz CT molecular complexity index is 92.3. The molecule has 0 heterocycles. The second kappa shape index (κ2) is 6.01. The first kappa shape index (κ1) is 12.9. The van der Waals surface area contributed by atoms with Gasteiger partial charge in [0.05, 0.1) is 5.60 Å². The second-order valence-corrected chi connectivity index (χ2v) is 3.21. The van der Waals surface area contributed by atoms with Crippen molar-refractivity contribution in [2.24, 2.45) is 0 Å². The van der Waals surface area contributed by atoms with Crippen LogP contribution >= 0.6 is 0 Å². The van der Waals surface area contributed by atoms with E-state index in [1.54, 1.807) is 13.8 Å². The van der Waals surface area contributed by atoms with Crippen molar-refractivity contribution in [1.82, 2.24) is 0 Å². The van der Waals surface area contributed by atoms with E-state index in [0.717, 1.165) is 6.42 Å². The Labute approximate surface area is 66.0 Å². The number of aliphatic hydroxyl groups is 1. The van der Waals surface area contributed by atoms with Crippen molar-refractivity contribution in [3.63, 3.8) is 0 Å². The zero-order valence-electron chi connectivity index (χ0n) is 6.40. The first-order valence-corrected chi connectivity index (χ1v) is 4.69. The van der Waals surface area contributed by atoms with Gasteiger partial charge in [0.25, 0.3) is 0 Å². The van der Waals surface area contributed by atoms with Gasteiger partial charge in [-0.25, -0.2) is 0 Å². The van der Waals surface area contributed by atoms with E-state index in [2.05, 4.69) is 0 Å². The second-order valence-electron chi connectivity index (χ2n) is 2.42. The SMILES string of the molecule is CCC(C)(C)O.[O]=[V]([OH])[OH]. The molecule has 63 valence electrons. The van der Waals surface area contributed by atoms with Crippen LogP contribution in [0.15, 0.2) is 0 Å². The molecule has 4 nitrogen and oxygen atoms in total. The molecule has 3 N–H and O–H groups in total. The van der Waals surface area contributed by atoms with Crippen molar-refractivity contribution < 1.29 is 32.6 Å². The summed E-state index contributed by atoms with van der Waals surface area (Å²) in [6.07, 6.45) is 0.826. The molecule has 5 heteroatoms. The molecule has 0 aromatic carbocycles. The third kappa shape index (κ3) is 40.9. The van der Waals surface area contributed by atoms with Gasteiger partial charge in [-0.05, 0) is 20.3 Å². The Hall–Kier alpha value is 0.264. The van der Waals surface area contributed by atoms with Gasteiger partial charge in [-0.1, -0.05) is 6.92 Å². The maximum absolute atomic E-state index is 8.83. The van der Waals surface area contributed by atoms with Crippen LogP contribution in [0.3, 0.4) is 0 Å². The van der Waals surface area contributed by atoms with Crippen LogP contribution in [0.25, 0.3) is 0 Å². The number of hydrogen-bond donors (Lipinski definition) is 3. The molecular formula is C5H14O4V. The topological polar surface area (TPSA) is 77.8 Å². The van der Waals surface area contributed by atoms with Crippen LogP contribution in [0.4, 0.5) is 0 Å². The summed E-state index contributed by atoms with van der Waals surface area (Å²) in [6, 6.07) is 0. The third-order valence-electron chi connectivity index (χ3n) is 0.865. The molecule has 0 saturated carbocycles. The number of rotatable bonds is 1. The summed E-state index contributed by atoms with van der Waals surface area (Å²) in [5.74, 6) is 0. The van der Waals surface area contributed by atoms with Gasteiger partial charge in [0.1, 0.15) is 0 Å². The molecule has 0 aliphatic carbocycles. The van der Waals surface area contributed by atoms with Crippen LogP contribution in [0.5, 0.6) is 0 Å². The van der Waals surface area contributed by atoms with Gasteiger partial charge in [-0.2, -0.15) is 0 Å². The first-order chi connectivity index (χ1) is 4.29. The quantitative estimate of drug-likeness (QED) is 0.539. The van der Waals surface area contributed by atoms with Crippen molar-refractivity contribution >= 4 is 0 Å². The summed E-state index contributed by atoms with van der Waals surface area (Å²) in [5.41, 5.74) is -0.458. The van der Waals surface area contributed by atoms with E-state index >= 15 is 0 Å². The van der Waals surface area contributed by atoms with E-state index in [0.29, 0.717) is 0 Å². The summed E-state index contributed by atoms with van der Waals surface area (Å²) in [5, 5.41) is 8.83.